The molecule has 0 aliphatic carbocycles. The van der Waals surface area contributed by atoms with E-state index < -0.39 is 0 Å². The van der Waals surface area contributed by atoms with E-state index in [0.717, 1.165) is 41.3 Å². The second-order valence-electron chi connectivity index (χ2n) is 10.0. The highest BCUT2D eigenvalue weighted by atomic mass is 16.5. The van der Waals surface area contributed by atoms with Crippen LogP contribution in [0.4, 0.5) is 0 Å². The molecule has 0 spiro atoms. The first-order chi connectivity index (χ1) is 15.0. The third kappa shape index (κ3) is 5.28. The van der Waals surface area contributed by atoms with Crippen molar-refractivity contribution < 1.29 is 14.3 Å². The summed E-state index contributed by atoms with van der Waals surface area (Å²) in [5.41, 5.74) is 4.42. The van der Waals surface area contributed by atoms with Gasteiger partial charge in [-0.05, 0) is 39.2 Å². The zero-order chi connectivity index (χ0) is 23.6. The molecule has 8 heteroatoms. The van der Waals surface area contributed by atoms with E-state index in [4.69, 9.17) is 14.8 Å². The van der Waals surface area contributed by atoms with Gasteiger partial charge in [-0.1, -0.05) is 20.8 Å². The van der Waals surface area contributed by atoms with Gasteiger partial charge in [-0.3, -0.25) is 9.59 Å². The van der Waals surface area contributed by atoms with Crippen LogP contribution in [0.3, 0.4) is 0 Å². The van der Waals surface area contributed by atoms with E-state index in [-0.39, 0.29) is 29.2 Å². The smallest absolute Gasteiger partial charge is 0.227 e. The predicted octanol–water partition coefficient (Wildman–Crippen LogP) is 2.79. The zero-order valence-corrected chi connectivity index (χ0v) is 20.5. The normalized spacial score (nSPS) is 17.7. The highest BCUT2D eigenvalue weighted by molar-refractivity contribution is 5.81. The van der Waals surface area contributed by atoms with Crippen LogP contribution in [-0.2, 0) is 20.7 Å². The summed E-state index contributed by atoms with van der Waals surface area (Å²) in [7, 11) is 1.63. The molecule has 0 unspecified atom stereocenters. The molecular formula is C24H37N5O3. The SMILES string of the molecule is COC[C@H](C)NC(=O)CCc1c(C)nc2cc([C@@H]3CCN(C(=O)C(C)(C)C)C3)nn2c1C. The molecule has 1 aliphatic heterocycles. The van der Waals surface area contributed by atoms with Crippen LogP contribution in [0, 0.1) is 19.3 Å². The Morgan fingerprint density at radius 3 is 2.69 bits per heavy atom. The highest BCUT2D eigenvalue weighted by Gasteiger charge is 2.34. The first-order valence-electron chi connectivity index (χ1n) is 11.4. The van der Waals surface area contributed by atoms with Crippen LogP contribution >= 0.6 is 0 Å². The van der Waals surface area contributed by atoms with Crippen LogP contribution in [0.5, 0.6) is 0 Å². The number of carbonyl (C=O) groups excluding carboxylic acids is 2. The lowest BCUT2D eigenvalue weighted by Crippen LogP contribution is -2.37. The Bertz CT molecular complexity index is 992. The molecule has 1 saturated heterocycles. The fourth-order valence-corrected chi connectivity index (χ4v) is 4.44. The number of aromatic nitrogens is 3. The molecule has 32 heavy (non-hydrogen) atoms. The summed E-state index contributed by atoms with van der Waals surface area (Å²) >= 11 is 0. The van der Waals surface area contributed by atoms with E-state index in [1.54, 1.807) is 7.11 Å². The monoisotopic (exact) mass is 443 g/mol. The number of ether oxygens (including phenoxy) is 1. The first-order valence-corrected chi connectivity index (χ1v) is 11.4. The van der Waals surface area contributed by atoms with E-state index in [9.17, 15) is 9.59 Å². The molecule has 1 N–H and O–H groups in total. The molecule has 0 bridgehead atoms. The highest BCUT2D eigenvalue weighted by Crippen LogP contribution is 2.30. The maximum Gasteiger partial charge on any atom is 0.227 e. The van der Waals surface area contributed by atoms with Gasteiger partial charge >= 0.3 is 0 Å². The summed E-state index contributed by atoms with van der Waals surface area (Å²) in [5.74, 6) is 0.415. The summed E-state index contributed by atoms with van der Waals surface area (Å²) in [6.07, 6.45) is 1.92. The lowest BCUT2D eigenvalue weighted by atomic mass is 9.95. The van der Waals surface area contributed by atoms with Crippen LogP contribution in [0.1, 0.15) is 69.1 Å². The molecule has 2 aromatic heterocycles. The third-order valence-corrected chi connectivity index (χ3v) is 6.14. The third-order valence-electron chi connectivity index (χ3n) is 6.14. The van der Waals surface area contributed by atoms with E-state index in [1.165, 1.54) is 0 Å². The van der Waals surface area contributed by atoms with E-state index in [2.05, 4.69) is 5.32 Å². The average molecular weight is 444 g/mol. The van der Waals surface area contributed by atoms with Crippen molar-refractivity contribution >= 4 is 17.5 Å². The van der Waals surface area contributed by atoms with Crippen LogP contribution in [0.15, 0.2) is 6.07 Å². The van der Waals surface area contributed by atoms with E-state index in [0.29, 0.717) is 26.0 Å². The number of hydrogen-bond acceptors (Lipinski definition) is 5. The fourth-order valence-electron chi connectivity index (χ4n) is 4.44. The number of hydrogen-bond donors (Lipinski definition) is 1. The van der Waals surface area contributed by atoms with Gasteiger partial charge in [-0.2, -0.15) is 5.10 Å². The summed E-state index contributed by atoms with van der Waals surface area (Å²) in [4.78, 5) is 31.6. The van der Waals surface area contributed by atoms with Gasteiger partial charge in [0.1, 0.15) is 0 Å². The summed E-state index contributed by atoms with van der Waals surface area (Å²) in [6.45, 7) is 13.8. The number of methoxy groups -OCH3 is 1. The number of amides is 2. The van der Waals surface area contributed by atoms with Crippen LogP contribution in [0.25, 0.3) is 5.65 Å². The van der Waals surface area contributed by atoms with E-state index >= 15 is 0 Å². The number of aryl methyl sites for hydroxylation is 2. The Balaban J connectivity index is 1.74. The molecule has 0 radical (unpaired) electrons. The van der Waals surface area contributed by atoms with Crippen molar-refractivity contribution in [3.05, 3.63) is 28.7 Å². The molecule has 2 aromatic rings. The molecular weight excluding hydrogens is 406 g/mol. The summed E-state index contributed by atoms with van der Waals surface area (Å²) in [5, 5.41) is 7.80. The molecule has 3 heterocycles. The molecule has 1 fully saturated rings. The molecule has 2 atom stereocenters. The second kappa shape index (κ2) is 9.57. The fraction of sp³-hybridized carbons (Fsp3) is 0.667. The van der Waals surface area contributed by atoms with Crippen molar-refractivity contribution in [3.63, 3.8) is 0 Å². The van der Waals surface area contributed by atoms with Crippen LogP contribution in [-0.4, -0.2) is 64.2 Å². The molecule has 3 rings (SSSR count). The van der Waals surface area contributed by atoms with Gasteiger partial charge < -0.3 is 15.0 Å². The Labute approximate surface area is 190 Å². The topological polar surface area (TPSA) is 88.8 Å². The van der Waals surface area contributed by atoms with Crippen molar-refractivity contribution in [3.8, 4) is 0 Å². The van der Waals surface area contributed by atoms with Gasteiger partial charge in [0.2, 0.25) is 11.8 Å². The standard InChI is InChI=1S/C24H37N5O3/c1-15(14-32-7)25-22(30)9-8-19-16(2)26-21-12-20(27-29(21)17(19)3)18-10-11-28(13-18)23(31)24(4,5)6/h12,15,18H,8-11,13-14H2,1-7H3,(H,25,30)/t15-,18+/m0/s1. The minimum atomic E-state index is -0.369. The molecule has 0 saturated carbocycles. The lowest BCUT2D eigenvalue weighted by molar-refractivity contribution is -0.138. The maximum absolute atomic E-state index is 12.6. The molecule has 176 valence electrons. The molecule has 0 aromatic carbocycles. The van der Waals surface area contributed by atoms with Gasteiger partial charge in [0, 0.05) is 61.4 Å². The van der Waals surface area contributed by atoms with Gasteiger partial charge in [0.25, 0.3) is 0 Å². The molecule has 8 nitrogen and oxygen atoms in total. The number of carbonyl (C=O) groups is 2. The number of nitrogens with zero attached hydrogens (tertiary/aromatic N) is 4. The minimum absolute atomic E-state index is 0.00386. The first kappa shape index (κ1) is 24.2. The number of likely N-dealkylation sites (tertiary alicyclic amines) is 1. The Hall–Kier alpha value is -2.48. The quantitative estimate of drug-likeness (QED) is 0.711. The van der Waals surface area contributed by atoms with Gasteiger partial charge in [-0.15, -0.1) is 0 Å². The van der Waals surface area contributed by atoms with E-state index in [1.807, 2.05) is 57.0 Å². The lowest BCUT2D eigenvalue weighted by Gasteiger charge is -2.25. The molecule has 2 amide bonds. The summed E-state index contributed by atoms with van der Waals surface area (Å²) < 4.78 is 6.96. The Kier molecular flexibility index (Phi) is 7.22. The number of nitrogens with one attached hydrogen (secondary N) is 1. The predicted molar refractivity (Wildman–Crippen MR) is 124 cm³/mol. The number of fused-ring (bicyclic) bond motifs is 1. The minimum Gasteiger partial charge on any atom is -0.383 e. The summed E-state index contributed by atoms with van der Waals surface area (Å²) in [6, 6.07) is 2.03. The largest absolute Gasteiger partial charge is 0.383 e. The average Bonchev–Trinajstić information content (AvgIpc) is 3.33. The van der Waals surface area contributed by atoms with Crippen molar-refractivity contribution in [2.45, 2.75) is 72.8 Å². The maximum atomic E-state index is 12.6. The van der Waals surface area contributed by atoms with Crippen molar-refractivity contribution in [2.75, 3.05) is 26.8 Å². The molecule has 1 aliphatic rings. The zero-order valence-electron chi connectivity index (χ0n) is 20.5. The van der Waals surface area contributed by atoms with Gasteiger partial charge in [0.15, 0.2) is 5.65 Å². The number of rotatable bonds is 7. The van der Waals surface area contributed by atoms with Crippen LogP contribution in [0.2, 0.25) is 0 Å². The van der Waals surface area contributed by atoms with Gasteiger partial charge in [0.05, 0.1) is 12.3 Å². The Morgan fingerprint density at radius 2 is 2.03 bits per heavy atom. The Morgan fingerprint density at radius 1 is 1.31 bits per heavy atom. The van der Waals surface area contributed by atoms with Crippen LogP contribution < -0.4 is 5.32 Å². The van der Waals surface area contributed by atoms with Crippen molar-refractivity contribution in [1.82, 2.24) is 24.8 Å². The second-order valence-corrected chi connectivity index (χ2v) is 10.0. The van der Waals surface area contributed by atoms with Gasteiger partial charge in [-0.25, -0.2) is 9.50 Å². The van der Waals surface area contributed by atoms with Crippen molar-refractivity contribution in [2.24, 2.45) is 5.41 Å². The van der Waals surface area contributed by atoms with Crippen molar-refractivity contribution in [1.29, 1.82) is 0 Å².